The highest BCUT2D eigenvalue weighted by Gasteiger charge is 2.03. The summed E-state index contributed by atoms with van der Waals surface area (Å²) < 4.78 is 25.8. The molecule has 2 aromatic rings. The molecule has 2 aromatic carbocycles. The SMILES string of the molecule is Nc1ccc(CCNCc2ccc(F)c(F)c2)c(Cl)c1. The van der Waals surface area contributed by atoms with E-state index in [1.165, 1.54) is 6.07 Å². The van der Waals surface area contributed by atoms with Crippen molar-refractivity contribution < 1.29 is 8.78 Å². The third kappa shape index (κ3) is 3.92. The summed E-state index contributed by atoms with van der Waals surface area (Å²) in [7, 11) is 0. The van der Waals surface area contributed by atoms with Gasteiger partial charge in [0.2, 0.25) is 0 Å². The molecular weight excluding hydrogens is 282 g/mol. The van der Waals surface area contributed by atoms with Crippen LogP contribution in [0.4, 0.5) is 14.5 Å². The second kappa shape index (κ2) is 6.68. The largest absolute Gasteiger partial charge is 0.399 e. The van der Waals surface area contributed by atoms with Crippen LogP contribution >= 0.6 is 11.6 Å². The van der Waals surface area contributed by atoms with Crippen molar-refractivity contribution in [1.29, 1.82) is 0 Å². The first kappa shape index (κ1) is 14.8. The highest BCUT2D eigenvalue weighted by molar-refractivity contribution is 6.31. The van der Waals surface area contributed by atoms with Crippen molar-refractivity contribution >= 4 is 17.3 Å². The molecule has 0 aliphatic rings. The summed E-state index contributed by atoms with van der Waals surface area (Å²) in [6.07, 6.45) is 0.739. The fraction of sp³-hybridized carbons (Fsp3) is 0.200. The van der Waals surface area contributed by atoms with Crippen LogP contribution in [0.5, 0.6) is 0 Å². The highest BCUT2D eigenvalue weighted by atomic mass is 35.5. The Balaban J connectivity index is 1.82. The van der Waals surface area contributed by atoms with Crippen LogP contribution in [0, 0.1) is 11.6 Å². The van der Waals surface area contributed by atoms with Crippen LogP contribution < -0.4 is 11.1 Å². The third-order valence-electron chi connectivity index (χ3n) is 2.96. The van der Waals surface area contributed by atoms with Gasteiger partial charge in [0.05, 0.1) is 0 Å². The molecule has 0 fully saturated rings. The quantitative estimate of drug-likeness (QED) is 0.654. The Kier molecular flexibility index (Phi) is 4.93. The van der Waals surface area contributed by atoms with Crippen molar-refractivity contribution in [3.05, 3.63) is 64.2 Å². The summed E-state index contributed by atoms with van der Waals surface area (Å²) in [4.78, 5) is 0. The molecule has 0 bridgehead atoms. The first-order chi connectivity index (χ1) is 9.56. The van der Waals surface area contributed by atoms with Gasteiger partial charge >= 0.3 is 0 Å². The summed E-state index contributed by atoms with van der Waals surface area (Å²) in [5.74, 6) is -1.66. The van der Waals surface area contributed by atoms with E-state index in [2.05, 4.69) is 5.32 Å². The van der Waals surface area contributed by atoms with Crippen molar-refractivity contribution in [3.8, 4) is 0 Å². The van der Waals surface area contributed by atoms with Crippen LogP contribution in [-0.4, -0.2) is 6.54 Å². The Bertz CT molecular complexity index is 602. The molecule has 0 spiro atoms. The number of anilines is 1. The van der Waals surface area contributed by atoms with Crippen LogP contribution in [-0.2, 0) is 13.0 Å². The summed E-state index contributed by atoms with van der Waals surface area (Å²) in [5.41, 5.74) is 7.95. The van der Waals surface area contributed by atoms with Gasteiger partial charge < -0.3 is 11.1 Å². The second-order valence-corrected chi connectivity index (χ2v) is 4.93. The lowest BCUT2D eigenvalue weighted by molar-refractivity contribution is 0.506. The standard InChI is InChI=1S/C15H15ClF2N2/c16-13-8-12(19)3-2-11(13)5-6-20-9-10-1-4-14(17)15(18)7-10/h1-4,7-8,20H,5-6,9,19H2. The van der Waals surface area contributed by atoms with Gasteiger partial charge in [-0.25, -0.2) is 8.78 Å². The Morgan fingerprint density at radius 3 is 2.55 bits per heavy atom. The number of nitrogens with two attached hydrogens (primary N) is 1. The van der Waals surface area contributed by atoms with Gasteiger partial charge in [-0.05, 0) is 48.4 Å². The van der Waals surface area contributed by atoms with Gasteiger partial charge in [0.25, 0.3) is 0 Å². The van der Waals surface area contributed by atoms with E-state index in [1.54, 1.807) is 18.2 Å². The van der Waals surface area contributed by atoms with E-state index >= 15 is 0 Å². The molecule has 2 nitrogen and oxygen atoms in total. The minimum absolute atomic E-state index is 0.476. The Labute approximate surface area is 121 Å². The number of nitrogen functional groups attached to an aromatic ring is 1. The van der Waals surface area contributed by atoms with Crippen LogP contribution in [0.1, 0.15) is 11.1 Å². The lowest BCUT2D eigenvalue weighted by atomic mass is 10.1. The maximum atomic E-state index is 13.0. The second-order valence-electron chi connectivity index (χ2n) is 4.53. The normalized spacial score (nSPS) is 10.8. The van der Waals surface area contributed by atoms with Gasteiger partial charge in [0.1, 0.15) is 0 Å². The molecule has 0 amide bonds. The number of benzene rings is 2. The maximum absolute atomic E-state index is 13.0. The molecular formula is C15H15ClF2N2. The molecule has 3 N–H and O–H groups in total. The van der Waals surface area contributed by atoms with Crippen molar-refractivity contribution in [2.24, 2.45) is 0 Å². The minimum atomic E-state index is -0.831. The van der Waals surface area contributed by atoms with E-state index in [4.69, 9.17) is 17.3 Å². The summed E-state index contributed by atoms with van der Waals surface area (Å²) in [6, 6.07) is 9.28. The number of hydrogen-bond donors (Lipinski definition) is 2. The molecule has 5 heteroatoms. The number of rotatable bonds is 5. The fourth-order valence-corrected chi connectivity index (χ4v) is 2.16. The average Bonchev–Trinajstić information content (AvgIpc) is 2.40. The highest BCUT2D eigenvalue weighted by Crippen LogP contribution is 2.19. The van der Waals surface area contributed by atoms with E-state index in [1.807, 2.05) is 6.07 Å². The molecule has 0 heterocycles. The van der Waals surface area contributed by atoms with E-state index < -0.39 is 11.6 Å². The third-order valence-corrected chi connectivity index (χ3v) is 3.31. The lowest BCUT2D eigenvalue weighted by Gasteiger charge is -2.07. The lowest BCUT2D eigenvalue weighted by Crippen LogP contribution is -2.17. The fourth-order valence-electron chi connectivity index (χ4n) is 1.87. The van der Waals surface area contributed by atoms with E-state index in [9.17, 15) is 8.78 Å². The molecule has 0 aliphatic heterocycles. The van der Waals surface area contributed by atoms with Crippen LogP contribution in [0.2, 0.25) is 5.02 Å². The first-order valence-corrected chi connectivity index (χ1v) is 6.62. The number of hydrogen-bond acceptors (Lipinski definition) is 2. The molecule has 0 aromatic heterocycles. The van der Waals surface area contributed by atoms with Crippen molar-refractivity contribution in [2.45, 2.75) is 13.0 Å². The predicted octanol–water partition coefficient (Wildman–Crippen LogP) is 3.53. The first-order valence-electron chi connectivity index (χ1n) is 6.25. The maximum Gasteiger partial charge on any atom is 0.159 e. The zero-order chi connectivity index (χ0) is 14.5. The van der Waals surface area contributed by atoms with Crippen LogP contribution in [0.3, 0.4) is 0 Å². The number of halogens is 3. The smallest absolute Gasteiger partial charge is 0.159 e. The van der Waals surface area contributed by atoms with Crippen LogP contribution in [0.15, 0.2) is 36.4 Å². The van der Waals surface area contributed by atoms with E-state index in [0.29, 0.717) is 29.4 Å². The Morgan fingerprint density at radius 2 is 1.85 bits per heavy atom. The van der Waals surface area contributed by atoms with Crippen molar-refractivity contribution in [3.63, 3.8) is 0 Å². The molecule has 0 atom stereocenters. The predicted molar refractivity (Wildman–Crippen MR) is 77.6 cm³/mol. The summed E-state index contributed by atoms with van der Waals surface area (Å²) in [6.45, 7) is 1.16. The molecule has 0 unspecified atom stereocenters. The molecule has 0 saturated carbocycles. The van der Waals surface area contributed by atoms with Gasteiger partial charge in [0, 0.05) is 17.3 Å². The van der Waals surface area contributed by atoms with Crippen LogP contribution in [0.25, 0.3) is 0 Å². The summed E-state index contributed by atoms with van der Waals surface area (Å²) >= 11 is 6.06. The molecule has 106 valence electrons. The molecule has 0 aliphatic carbocycles. The van der Waals surface area contributed by atoms with E-state index in [-0.39, 0.29) is 0 Å². The van der Waals surface area contributed by atoms with Crippen molar-refractivity contribution in [1.82, 2.24) is 5.32 Å². The van der Waals surface area contributed by atoms with Gasteiger partial charge in [-0.2, -0.15) is 0 Å². The molecule has 0 radical (unpaired) electrons. The monoisotopic (exact) mass is 296 g/mol. The Hall–Kier alpha value is -1.65. The molecule has 0 saturated heterocycles. The number of nitrogens with one attached hydrogen (secondary N) is 1. The zero-order valence-corrected chi connectivity index (χ0v) is 11.6. The molecule has 2 rings (SSSR count). The Morgan fingerprint density at radius 1 is 1.05 bits per heavy atom. The topological polar surface area (TPSA) is 38.0 Å². The average molecular weight is 297 g/mol. The molecule has 20 heavy (non-hydrogen) atoms. The van der Waals surface area contributed by atoms with Gasteiger partial charge in [-0.1, -0.05) is 23.7 Å². The van der Waals surface area contributed by atoms with Crippen molar-refractivity contribution in [2.75, 3.05) is 12.3 Å². The summed E-state index contributed by atoms with van der Waals surface area (Å²) in [5, 5.41) is 3.80. The minimum Gasteiger partial charge on any atom is -0.399 e. The van der Waals surface area contributed by atoms with E-state index in [0.717, 1.165) is 18.1 Å². The van der Waals surface area contributed by atoms with Gasteiger partial charge in [-0.3, -0.25) is 0 Å². The van der Waals surface area contributed by atoms with Gasteiger partial charge in [0.15, 0.2) is 11.6 Å². The zero-order valence-electron chi connectivity index (χ0n) is 10.8. The van der Waals surface area contributed by atoms with Gasteiger partial charge in [-0.15, -0.1) is 0 Å².